The van der Waals surface area contributed by atoms with Crippen molar-refractivity contribution >= 4 is 22.6 Å². The van der Waals surface area contributed by atoms with E-state index >= 15 is 0 Å². The molecule has 0 bridgehead atoms. The van der Waals surface area contributed by atoms with Gasteiger partial charge in [-0.25, -0.2) is 0 Å². The summed E-state index contributed by atoms with van der Waals surface area (Å²) in [7, 11) is 0. The van der Waals surface area contributed by atoms with Gasteiger partial charge in [-0.05, 0) is 19.3 Å². The van der Waals surface area contributed by atoms with Crippen LogP contribution in [-0.4, -0.2) is 3.42 Å². The first kappa shape index (κ1) is 38.7. The molecule has 0 unspecified atom stereocenters. The van der Waals surface area contributed by atoms with Gasteiger partial charge in [0.1, 0.15) is 0 Å². The minimum absolute atomic E-state index is 0.595. The van der Waals surface area contributed by atoms with E-state index in [-0.39, 0.29) is 0 Å². The van der Waals surface area contributed by atoms with E-state index < -0.39 is 0 Å². The van der Waals surface area contributed by atoms with Gasteiger partial charge in [-0.1, -0.05) is 236 Å². The maximum Gasteiger partial charge on any atom is 0.0222 e. The van der Waals surface area contributed by atoms with Gasteiger partial charge in [0.05, 0.1) is 0 Å². The number of halogens is 1. The van der Waals surface area contributed by atoms with E-state index in [9.17, 15) is 0 Å². The Morgan fingerprint density at radius 1 is 0.263 bits per heavy atom. The van der Waals surface area contributed by atoms with Gasteiger partial charge in [0.2, 0.25) is 0 Å². The first-order valence-corrected chi connectivity index (χ1v) is 19.4. The third-order valence-electron chi connectivity index (χ3n) is 8.94. The van der Waals surface area contributed by atoms with Crippen LogP contribution >= 0.6 is 22.6 Å². The lowest BCUT2D eigenvalue weighted by Crippen LogP contribution is -2.20. The van der Waals surface area contributed by atoms with E-state index in [1.807, 2.05) is 0 Å². The lowest BCUT2D eigenvalue weighted by atomic mass is 9.89. The summed E-state index contributed by atoms with van der Waals surface area (Å²) in [5.74, 6) is 0. The van der Waals surface area contributed by atoms with Gasteiger partial charge in [0.15, 0.2) is 0 Å². The summed E-state index contributed by atoms with van der Waals surface area (Å²) in [6, 6.07) is 0. The van der Waals surface area contributed by atoms with E-state index in [4.69, 9.17) is 0 Å². The third-order valence-corrected chi connectivity index (χ3v) is 10.6. The molecule has 0 aliphatic rings. The van der Waals surface area contributed by atoms with Crippen molar-refractivity contribution in [3.63, 3.8) is 0 Å². The monoisotopic (exact) mass is 646 g/mol. The van der Waals surface area contributed by atoms with Gasteiger partial charge in [0, 0.05) is 3.42 Å². The van der Waals surface area contributed by atoms with Crippen molar-refractivity contribution < 1.29 is 0 Å². The molecule has 0 spiro atoms. The molecule has 0 heterocycles. The fraction of sp³-hybridized carbons (Fsp3) is 1.00. The molecule has 0 fully saturated rings. The second-order valence-electron chi connectivity index (χ2n) is 12.9. The van der Waals surface area contributed by atoms with Crippen molar-refractivity contribution in [1.29, 1.82) is 0 Å². The summed E-state index contributed by atoms with van der Waals surface area (Å²) in [5, 5.41) is 0. The Balaban J connectivity index is 4.06. The molecule has 0 aromatic rings. The van der Waals surface area contributed by atoms with Gasteiger partial charge in [-0.2, -0.15) is 0 Å². The third kappa shape index (κ3) is 29.7. The van der Waals surface area contributed by atoms with Crippen LogP contribution in [0.2, 0.25) is 0 Å². The van der Waals surface area contributed by atoms with E-state index in [1.54, 1.807) is 0 Å². The van der Waals surface area contributed by atoms with Crippen LogP contribution in [0.5, 0.6) is 0 Å². The van der Waals surface area contributed by atoms with Crippen molar-refractivity contribution in [3.8, 4) is 0 Å². The van der Waals surface area contributed by atoms with E-state index in [0.29, 0.717) is 3.42 Å². The summed E-state index contributed by atoms with van der Waals surface area (Å²) in [5.41, 5.74) is 0. The highest BCUT2D eigenvalue weighted by molar-refractivity contribution is 14.1. The molecule has 230 valence electrons. The molecule has 38 heavy (non-hydrogen) atoms. The van der Waals surface area contributed by atoms with Crippen molar-refractivity contribution in [2.45, 2.75) is 236 Å². The molecule has 0 saturated carbocycles. The summed E-state index contributed by atoms with van der Waals surface area (Å²) in [4.78, 5) is 0. The van der Waals surface area contributed by atoms with E-state index in [1.165, 1.54) is 212 Å². The summed E-state index contributed by atoms with van der Waals surface area (Å²) >= 11 is 2.94. The zero-order valence-electron chi connectivity index (χ0n) is 27.2. The van der Waals surface area contributed by atoms with Crippen LogP contribution in [-0.2, 0) is 0 Å². The Morgan fingerprint density at radius 3 is 0.605 bits per heavy atom. The summed E-state index contributed by atoms with van der Waals surface area (Å²) < 4.78 is 0.595. The van der Waals surface area contributed by atoms with E-state index in [2.05, 4.69) is 43.4 Å². The molecule has 0 aliphatic carbocycles. The van der Waals surface area contributed by atoms with Crippen LogP contribution in [0, 0.1) is 0 Å². The molecular formula is C37H75I. The minimum atomic E-state index is 0.595. The molecule has 0 rings (SSSR count). The van der Waals surface area contributed by atoms with Gasteiger partial charge >= 0.3 is 0 Å². The second-order valence-corrected chi connectivity index (χ2v) is 15.2. The molecule has 0 aromatic heterocycles. The standard InChI is InChI=1S/C37H75I/c1-4-7-10-13-16-19-22-25-28-31-34-37(38,35-32-29-26-23-20-17-14-11-8-5-2)36-33-30-27-24-21-18-15-12-9-6-3/h4-36H2,1-3H3. The normalized spacial score (nSPS) is 12.0. The van der Waals surface area contributed by atoms with Crippen LogP contribution < -0.4 is 0 Å². The molecule has 0 N–H and O–H groups in total. The average molecular weight is 647 g/mol. The van der Waals surface area contributed by atoms with Crippen LogP contribution in [0.3, 0.4) is 0 Å². The molecule has 0 aromatic carbocycles. The number of rotatable bonds is 33. The molecule has 0 atom stereocenters. The summed E-state index contributed by atoms with van der Waals surface area (Å²) in [6.45, 7) is 6.96. The van der Waals surface area contributed by atoms with Crippen molar-refractivity contribution in [2.24, 2.45) is 0 Å². The zero-order valence-corrected chi connectivity index (χ0v) is 29.4. The predicted octanol–water partition coefficient (Wildman–Crippen LogP) is 15.1. The molecular weight excluding hydrogens is 571 g/mol. The largest absolute Gasteiger partial charge is 0.0789 e. The zero-order chi connectivity index (χ0) is 27.8. The Labute approximate surface area is 257 Å². The highest BCUT2D eigenvalue weighted by Crippen LogP contribution is 2.37. The Bertz CT molecular complexity index is 357. The van der Waals surface area contributed by atoms with Crippen molar-refractivity contribution in [1.82, 2.24) is 0 Å². The highest BCUT2D eigenvalue weighted by Gasteiger charge is 2.24. The molecule has 0 aliphatic heterocycles. The smallest absolute Gasteiger partial charge is 0.0222 e. The van der Waals surface area contributed by atoms with Crippen LogP contribution in [0.25, 0.3) is 0 Å². The van der Waals surface area contributed by atoms with Crippen LogP contribution in [0.15, 0.2) is 0 Å². The van der Waals surface area contributed by atoms with Gasteiger partial charge in [-0.3, -0.25) is 0 Å². The lowest BCUT2D eigenvalue weighted by molar-refractivity contribution is 0.418. The Morgan fingerprint density at radius 2 is 0.421 bits per heavy atom. The highest BCUT2D eigenvalue weighted by atomic mass is 127. The average Bonchev–Trinajstić information content (AvgIpc) is 2.92. The second kappa shape index (κ2) is 32.2. The maximum absolute atomic E-state index is 2.94. The quantitative estimate of drug-likeness (QED) is 0.0378. The molecule has 0 nitrogen and oxygen atoms in total. The lowest BCUT2D eigenvalue weighted by Gasteiger charge is -2.28. The fourth-order valence-corrected chi connectivity index (χ4v) is 7.31. The first-order chi connectivity index (χ1) is 18.7. The van der Waals surface area contributed by atoms with Crippen molar-refractivity contribution in [2.75, 3.05) is 0 Å². The predicted molar refractivity (Wildman–Crippen MR) is 186 cm³/mol. The Kier molecular flexibility index (Phi) is 32.9. The summed E-state index contributed by atoms with van der Waals surface area (Å²) in [6.07, 6.45) is 48.4. The molecule has 0 saturated heterocycles. The maximum atomic E-state index is 2.94. The number of unbranched alkanes of at least 4 members (excludes halogenated alkanes) is 27. The van der Waals surface area contributed by atoms with Gasteiger partial charge < -0.3 is 0 Å². The number of alkyl halides is 1. The molecule has 1 heteroatoms. The van der Waals surface area contributed by atoms with Crippen LogP contribution in [0.1, 0.15) is 233 Å². The van der Waals surface area contributed by atoms with Gasteiger partial charge in [-0.15, -0.1) is 0 Å². The minimum Gasteiger partial charge on any atom is -0.0789 e. The topological polar surface area (TPSA) is 0 Å². The van der Waals surface area contributed by atoms with Crippen LogP contribution in [0.4, 0.5) is 0 Å². The Hall–Kier alpha value is 0.730. The van der Waals surface area contributed by atoms with E-state index in [0.717, 1.165) is 0 Å². The number of hydrogen-bond acceptors (Lipinski definition) is 0. The van der Waals surface area contributed by atoms with Crippen molar-refractivity contribution in [3.05, 3.63) is 0 Å². The molecule has 0 radical (unpaired) electrons. The number of hydrogen-bond donors (Lipinski definition) is 0. The fourth-order valence-electron chi connectivity index (χ4n) is 6.16. The van der Waals surface area contributed by atoms with Gasteiger partial charge in [0.25, 0.3) is 0 Å². The SMILES string of the molecule is CCCCCCCCCCCCC(I)(CCCCCCCCCCCC)CCCCCCCCCCCC. The first-order valence-electron chi connectivity index (χ1n) is 18.4. The molecule has 0 amide bonds.